The maximum absolute atomic E-state index is 12.0. The van der Waals surface area contributed by atoms with Crippen LogP contribution < -0.4 is 5.32 Å². The fourth-order valence-corrected chi connectivity index (χ4v) is 1.25. The third-order valence-corrected chi connectivity index (χ3v) is 1.95. The first-order valence-corrected chi connectivity index (χ1v) is 3.35. The molecule has 1 rings (SSSR count). The molecule has 2 atom stereocenters. The molecule has 0 aromatic rings. The molecular weight excluding hydrogens is 140 g/mol. The minimum Gasteiger partial charge on any atom is -0.396 e. The van der Waals surface area contributed by atoms with E-state index in [4.69, 9.17) is 5.11 Å². The predicted octanol–water partition coefficient (Wildman–Crippen LogP) is 0.0794. The second-order valence-electron chi connectivity index (χ2n) is 2.60. The Labute approximate surface area is 58.2 Å². The van der Waals surface area contributed by atoms with Gasteiger partial charge in [-0.3, -0.25) is 0 Å². The number of halogens is 2. The highest BCUT2D eigenvalue weighted by Gasteiger charge is 2.33. The van der Waals surface area contributed by atoms with Gasteiger partial charge in [0.15, 0.2) is 0 Å². The van der Waals surface area contributed by atoms with Gasteiger partial charge in [-0.2, -0.15) is 0 Å². The first-order valence-electron chi connectivity index (χ1n) is 3.35. The van der Waals surface area contributed by atoms with Gasteiger partial charge in [0.05, 0.1) is 0 Å². The zero-order chi connectivity index (χ0) is 7.56. The van der Waals surface area contributed by atoms with E-state index in [1.807, 2.05) is 0 Å². The molecule has 1 aliphatic heterocycles. The van der Waals surface area contributed by atoms with Crippen LogP contribution in [-0.4, -0.2) is 31.2 Å². The second kappa shape index (κ2) is 3.25. The Morgan fingerprint density at radius 3 is 2.60 bits per heavy atom. The van der Waals surface area contributed by atoms with Crippen LogP contribution in [0.15, 0.2) is 0 Å². The van der Waals surface area contributed by atoms with Crippen LogP contribution in [0.1, 0.15) is 0 Å². The third kappa shape index (κ3) is 1.44. The van der Waals surface area contributed by atoms with Gasteiger partial charge in [-0.15, -0.1) is 0 Å². The van der Waals surface area contributed by atoms with Gasteiger partial charge in [0.2, 0.25) is 6.43 Å². The Balaban J connectivity index is 2.42. The normalized spacial score (nSPS) is 33.6. The number of aliphatic hydroxyl groups excluding tert-OH is 1. The number of nitrogens with one attached hydrogen (secondary N) is 1. The zero-order valence-corrected chi connectivity index (χ0v) is 5.56. The van der Waals surface area contributed by atoms with Crippen molar-refractivity contribution in [3.8, 4) is 0 Å². The van der Waals surface area contributed by atoms with Crippen molar-refractivity contribution in [3.63, 3.8) is 0 Å². The Kier molecular flexibility index (Phi) is 2.56. The molecule has 0 unspecified atom stereocenters. The molecule has 0 aliphatic carbocycles. The molecule has 0 aromatic heterocycles. The largest absolute Gasteiger partial charge is 0.396 e. The number of aliphatic hydroxyl groups is 1. The summed E-state index contributed by atoms with van der Waals surface area (Å²) in [4.78, 5) is 0. The number of alkyl halides is 2. The molecule has 4 heteroatoms. The summed E-state index contributed by atoms with van der Waals surface area (Å²) in [5.74, 6) is -0.898. The average Bonchev–Trinajstić information content (AvgIpc) is 2.33. The molecule has 1 heterocycles. The van der Waals surface area contributed by atoms with Crippen LogP contribution in [0.4, 0.5) is 8.78 Å². The third-order valence-electron chi connectivity index (χ3n) is 1.95. The molecule has 0 amide bonds. The van der Waals surface area contributed by atoms with E-state index in [1.165, 1.54) is 0 Å². The Morgan fingerprint density at radius 2 is 2.20 bits per heavy atom. The summed E-state index contributed by atoms with van der Waals surface area (Å²) >= 11 is 0. The van der Waals surface area contributed by atoms with Crippen molar-refractivity contribution in [2.45, 2.75) is 6.43 Å². The summed E-state index contributed by atoms with van der Waals surface area (Å²) in [6, 6.07) is 0. The van der Waals surface area contributed by atoms with Crippen molar-refractivity contribution in [2.24, 2.45) is 11.8 Å². The molecule has 2 N–H and O–H groups in total. The van der Waals surface area contributed by atoms with Crippen molar-refractivity contribution in [2.75, 3.05) is 19.7 Å². The van der Waals surface area contributed by atoms with Gasteiger partial charge >= 0.3 is 0 Å². The first kappa shape index (κ1) is 7.88. The van der Waals surface area contributed by atoms with Gasteiger partial charge in [-0.05, 0) is 0 Å². The fourth-order valence-electron chi connectivity index (χ4n) is 1.25. The lowest BCUT2D eigenvalue weighted by Gasteiger charge is -2.13. The molecule has 2 nitrogen and oxygen atoms in total. The van der Waals surface area contributed by atoms with E-state index in [-0.39, 0.29) is 12.5 Å². The van der Waals surface area contributed by atoms with E-state index in [0.717, 1.165) is 0 Å². The van der Waals surface area contributed by atoms with Crippen molar-refractivity contribution in [1.82, 2.24) is 5.32 Å². The number of rotatable bonds is 2. The van der Waals surface area contributed by atoms with Crippen LogP contribution in [0, 0.1) is 11.8 Å². The molecule has 1 saturated heterocycles. The molecule has 0 spiro atoms. The summed E-state index contributed by atoms with van der Waals surface area (Å²) in [7, 11) is 0. The lowest BCUT2D eigenvalue weighted by molar-refractivity contribution is 0.0475. The predicted molar refractivity (Wildman–Crippen MR) is 32.9 cm³/mol. The van der Waals surface area contributed by atoms with Gasteiger partial charge in [0, 0.05) is 31.5 Å². The molecule has 10 heavy (non-hydrogen) atoms. The first-order chi connectivity index (χ1) is 4.75. The maximum atomic E-state index is 12.0. The molecular formula is C6H11F2NO. The summed E-state index contributed by atoms with van der Waals surface area (Å²) in [5, 5.41) is 11.4. The van der Waals surface area contributed by atoms with Crippen molar-refractivity contribution < 1.29 is 13.9 Å². The minimum atomic E-state index is -2.30. The minimum absolute atomic E-state index is 0.137. The van der Waals surface area contributed by atoms with E-state index in [1.54, 1.807) is 0 Å². The van der Waals surface area contributed by atoms with Gasteiger partial charge in [0.1, 0.15) is 0 Å². The highest BCUT2D eigenvalue weighted by molar-refractivity contribution is 4.81. The van der Waals surface area contributed by atoms with Crippen molar-refractivity contribution in [3.05, 3.63) is 0 Å². The summed E-state index contributed by atoms with van der Waals surface area (Å²) in [6.45, 7) is 0.719. The topological polar surface area (TPSA) is 32.3 Å². The lowest BCUT2D eigenvalue weighted by Crippen LogP contribution is -2.22. The van der Waals surface area contributed by atoms with Crippen LogP contribution in [-0.2, 0) is 0 Å². The highest BCUT2D eigenvalue weighted by atomic mass is 19.3. The van der Waals surface area contributed by atoms with Crippen LogP contribution in [0.25, 0.3) is 0 Å². The van der Waals surface area contributed by atoms with E-state index in [2.05, 4.69) is 5.32 Å². The second-order valence-corrected chi connectivity index (χ2v) is 2.60. The summed E-state index contributed by atoms with van der Waals surface area (Å²) < 4.78 is 24.1. The zero-order valence-electron chi connectivity index (χ0n) is 5.56. The van der Waals surface area contributed by atoms with Crippen molar-refractivity contribution in [1.29, 1.82) is 0 Å². The van der Waals surface area contributed by atoms with E-state index in [9.17, 15) is 8.78 Å². The Hall–Kier alpha value is -0.220. The maximum Gasteiger partial charge on any atom is 0.243 e. The van der Waals surface area contributed by atoms with Crippen LogP contribution in [0.3, 0.4) is 0 Å². The molecule has 0 saturated carbocycles. The van der Waals surface area contributed by atoms with Crippen molar-refractivity contribution >= 4 is 0 Å². The molecule has 0 aromatic carbocycles. The highest BCUT2D eigenvalue weighted by Crippen LogP contribution is 2.22. The van der Waals surface area contributed by atoms with Gasteiger partial charge < -0.3 is 10.4 Å². The van der Waals surface area contributed by atoms with Crippen LogP contribution >= 0.6 is 0 Å². The summed E-state index contributed by atoms with van der Waals surface area (Å²) in [6.07, 6.45) is -2.30. The molecule has 0 bridgehead atoms. The van der Waals surface area contributed by atoms with Crippen LogP contribution in [0.2, 0.25) is 0 Å². The van der Waals surface area contributed by atoms with Gasteiger partial charge in [-0.1, -0.05) is 0 Å². The lowest BCUT2D eigenvalue weighted by atomic mass is 9.98. The van der Waals surface area contributed by atoms with Gasteiger partial charge in [0.25, 0.3) is 0 Å². The van der Waals surface area contributed by atoms with Crippen LogP contribution in [0.5, 0.6) is 0 Å². The van der Waals surface area contributed by atoms with Gasteiger partial charge in [-0.25, -0.2) is 8.78 Å². The van der Waals surface area contributed by atoms with E-state index >= 15 is 0 Å². The molecule has 0 radical (unpaired) electrons. The number of hydrogen-bond donors (Lipinski definition) is 2. The summed E-state index contributed by atoms with van der Waals surface area (Å²) in [5.41, 5.74) is 0. The SMILES string of the molecule is OC[C@@H]1CNC[C@H]1C(F)F. The fraction of sp³-hybridized carbons (Fsp3) is 1.00. The number of hydrogen-bond acceptors (Lipinski definition) is 2. The van der Waals surface area contributed by atoms with E-state index < -0.39 is 12.3 Å². The molecule has 60 valence electrons. The average molecular weight is 151 g/mol. The smallest absolute Gasteiger partial charge is 0.243 e. The monoisotopic (exact) mass is 151 g/mol. The quantitative estimate of drug-likeness (QED) is 0.585. The van der Waals surface area contributed by atoms with E-state index in [0.29, 0.717) is 13.1 Å². The Bertz CT molecular complexity index is 110. The Morgan fingerprint density at radius 1 is 1.50 bits per heavy atom. The molecule has 1 aliphatic rings. The molecule has 1 fully saturated rings. The standard InChI is InChI=1S/C6H11F2NO/c7-6(8)5-2-9-1-4(5)3-10/h4-6,9-10H,1-3H2/t4-,5+/m0/s1.